The predicted octanol–water partition coefficient (Wildman–Crippen LogP) is 0.278. The van der Waals surface area contributed by atoms with Gasteiger partial charge in [0.25, 0.3) is 0 Å². The molecular formula is C35H52N8O7. The monoisotopic (exact) mass is 696 g/mol. The third-order valence-corrected chi connectivity index (χ3v) is 8.69. The van der Waals surface area contributed by atoms with Gasteiger partial charge in [0.2, 0.25) is 41.4 Å². The molecule has 15 heteroatoms. The molecule has 1 fully saturated rings. The Kier molecular flexibility index (Phi) is 14.3. The minimum atomic E-state index is -1.46. The van der Waals surface area contributed by atoms with Crippen LogP contribution in [0.2, 0.25) is 0 Å². The highest BCUT2D eigenvalue weighted by atomic mass is 16.2. The molecule has 0 spiro atoms. The van der Waals surface area contributed by atoms with Gasteiger partial charge in [-0.3, -0.25) is 33.6 Å². The van der Waals surface area contributed by atoms with Crippen LogP contribution >= 0.6 is 0 Å². The Hall–Kier alpha value is -4.95. The van der Waals surface area contributed by atoms with E-state index in [1.165, 1.54) is 0 Å². The lowest BCUT2D eigenvalue weighted by atomic mass is 9.95. The van der Waals surface area contributed by atoms with Crippen molar-refractivity contribution in [2.45, 2.75) is 104 Å². The van der Waals surface area contributed by atoms with Gasteiger partial charge in [0.15, 0.2) is 0 Å². The molecule has 50 heavy (non-hydrogen) atoms. The van der Waals surface area contributed by atoms with Crippen molar-refractivity contribution in [1.82, 2.24) is 36.9 Å². The van der Waals surface area contributed by atoms with Gasteiger partial charge in [0, 0.05) is 23.5 Å². The maximum absolute atomic E-state index is 13.9. The molecule has 2 heterocycles. The van der Waals surface area contributed by atoms with Crippen molar-refractivity contribution in [3.8, 4) is 0 Å². The number of carbonyl (C=O) groups excluding carboxylic acids is 7. The number of nitrogens with one attached hydrogen (secondary N) is 7. The summed E-state index contributed by atoms with van der Waals surface area (Å²) in [6.45, 7) is 10.5. The SMILES string of the molecule is CC[C@H](C)[C@@H]1NC(=O)[C@H](CC(C)C)NC(=O)[C@@H](CC(C)C)NC(=O)[C@H](Cc2c[nH]c3ccccc23)NC(=O)CNC(=O)[C@H](CC(N)=O)NC1=O. The first-order valence-electron chi connectivity index (χ1n) is 17.2. The van der Waals surface area contributed by atoms with Crippen LogP contribution in [0.5, 0.6) is 0 Å². The summed E-state index contributed by atoms with van der Waals surface area (Å²) >= 11 is 0. The first-order chi connectivity index (χ1) is 23.6. The second kappa shape index (κ2) is 18.2. The molecule has 0 radical (unpaired) electrons. The Labute approximate surface area is 292 Å². The van der Waals surface area contributed by atoms with Crippen molar-refractivity contribution in [1.29, 1.82) is 0 Å². The van der Waals surface area contributed by atoms with Gasteiger partial charge in [0.05, 0.1) is 13.0 Å². The van der Waals surface area contributed by atoms with E-state index < -0.39 is 90.4 Å². The molecule has 9 N–H and O–H groups in total. The molecule has 1 aromatic carbocycles. The van der Waals surface area contributed by atoms with Crippen molar-refractivity contribution in [3.05, 3.63) is 36.0 Å². The van der Waals surface area contributed by atoms with Crippen LogP contribution in [0.1, 0.15) is 72.8 Å². The van der Waals surface area contributed by atoms with Gasteiger partial charge < -0.3 is 42.6 Å². The molecule has 7 amide bonds. The summed E-state index contributed by atoms with van der Waals surface area (Å²) in [7, 11) is 0. The number of carbonyl (C=O) groups is 7. The van der Waals surface area contributed by atoms with Crippen molar-refractivity contribution >= 4 is 52.3 Å². The summed E-state index contributed by atoms with van der Waals surface area (Å²) in [5.74, 6) is -5.55. The van der Waals surface area contributed by atoms with Crippen LogP contribution in [0.25, 0.3) is 10.9 Å². The van der Waals surface area contributed by atoms with Gasteiger partial charge in [-0.1, -0.05) is 66.2 Å². The number of aromatic nitrogens is 1. The molecule has 0 unspecified atom stereocenters. The van der Waals surface area contributed by atoms with Gasteiger partial charge in [0.1, 0.15) is 30.2 Å². The zero-order valence-electron chi connectivity index (χ0n) is 29.7. The second-order valence-electron chi connectivity index (χ2n) is 13.9. The summed E-state index contributed by atoms with van der Waals surface area (Å²) in [5.41, 5.74) is 6.94. The van der Waals surface area contributed by atoms with E-state index in [1.54, 1.807) is 13.1 Å². The van der Waals surface area contributed by atoms with Gasteiger partial charge in [-0.05, 0) is 42.2 Å². The summed E-state index contributed by atoms with van der Waals surface area (Å²) in [6, 6.07) is 1.55. The van der Waals surface area contributed by atoms with E-state index in [1.807, 2.05) is 58.9 Å². The Balaban J connectivity index is 2.05. The summed E-state index contributed by atoms with van der Waals surface area (Å²) in [6.07, 6.45) is 2.12. The Morgan fingerprint density at radius 1 is 0.740 bits per heavy atom. The Morgan fingerprint density at radius 2 is 1.30 bits per heavy atom. The average Bonchev–Trinajstić information content (AvgIpc) is 3.45. The minimum Gasteiger partial charge on any atom is -0.370 e. The van der Waals surface area contributed by atoms with E-state index in [4.69, 9.17) is 5.73 Å². The van der Waals surface area contributed by atoms with E-state index in [9.17, 15) is 33.6 Å². The third-order valence-electron chi connectivity index (χ3n) is 8.69. The fourth-order valence-corrected chi connectivity index (χ4v) is 5.84. The summed E-state index contributed by atoms with van der Waals surface area (Å²) < 4.78 is 0. The number of H-pyrrole nitrogens is 1. The smallest absolute Gasteiger partial charge is 0.243 e. The number of rotatable bonds is 10. The minimum absolute atomic E-state index is 0.0371. The Morgan fingerprint density at radius 3 is 1.88 bits per heavy atom. The number of para-hydroxylation sites is 1. The third kappa shape index (κ3) is 11.3. The fourth-order valence-electron chi connectivity index (χ4n) is 5.84. The lowest BCUT2D eigenvalue weighted by Crippen LogP contribution is -2.61. The van der Waals surface area contributed by atoms with Crippen LogP contribution in [0.3, 0.4) is 0 Å². The number of amides is 7. The van der Waals surface area contributed by atoms with Crippen LogP contribution in [-0.4, -0.2) is 83.1 Å². The maximum Gasteiger partial charge on any atom is 0.243 e. The predicted molar refractivity (Wildman–Crippen MR) is 187 cm³/mol. The van der Waals surface area contributed by atoms with Crippen LogP contribution < -0.4 is 37.6 Å². The van der Waals surface area contributed by atoms with E-state index in [0.717, 1.165) is 16.5 Å². The van der Waals surface area contributed by atoms with Gasteiger partial charge in [-0.25, -0.2) is 0 Å². The number of aromatic amines is 1. The zero-order chi connectivity index (χ0) is 37.1. The molecule has 0 saturated carbocycles. The molecule has 0 aliphatic carbocycles. The van der Waals surface area contributed by atoms with Crippen molar-refractivity contribution in [2.24, 2.45) is 23.5 Å². The molecule has 274 valence electrons. The molecule has 3 rings (SSSR count). The first kappa shape index (κ1) is 39.5. The number of primary amides is 1. The molecule has 1 aliphatic rings. The summed E-state index contributed by atoms with van der Waals surface area (Å²) in [4.78, 5) is 96.6. The van der Waals surface area contributed by atoms with E-state index >= 15 is 0 Å². The average molecular weight is 697 g/mol. The largest absolute Gasteiger partial charge is 0.370 e. The molecule has 15 nitrogen and oxygen atoms in total. The number of hydrogen-bond acceptors (Lipinski definition) is 7. The molecule has 0 bridgehead atoms. The van der Waals surface area contributed by atoms with Crippen molar-refractivity contribution in [3.63, 3.8) is 0 Å². The highest BCUT2D eigenvalue weighted by Crippen LogP contribution is 2.20. The number of hydrogen-bond donors (Lipinski definition) is 8. The summed E-state index contributed by atoms with van der Waals surface area (Å²) in [5, 5.41) is 16.7. The lowest BCUT2D eigenvalue weighted by Gasteiger charge is -2.30. The molecular weight excluding hydrogens is 644 g/mol. The van der Waals surface area contributed by atoms with Crippen LogP contribution in [0, 0.1) is 17.8 Å². The van der Waals surface area contributed by atoms with Crippen molar-refractivity contribution < 1.29 is 33.6 Å². The molecule has 1 saturated heterocycles. The van der Waals surface area contributed by atoms with E-state index in [-0.39, 0.29) is 31.1 Å². The van der Waals surface area contributed by atoms with Crippen LogP contribution in [-0.2, 0) is 40.0 Å². The number of benzene rings is 1. The normalized spacial score (nSPS) is 24.0. The van der Waals surface area contributed by atoms with Crippen LogP contribution in [0.4, 0.5) is 0 Å². The molecule has 6 atom stereocenters. The number of fused-ring (bicyclic) bond motifs is 1. The standard InChI is InChI=1S/C35H52N8O7/c1-7-20(6)30-35(50)42-27(15-28(36)44)31(46)38-17-29(45)39-26(14-21-16-37-23-11-9-8-10-22(21)23)33(48)40-24(12-18(2)3)32(47)41-25(13-19(4)5)34(49)43-30/h8-11,16,18-20,24-27,30,37H,7,12-15,17H2,1-6H3,(H2,36,44)(H,38,46)(H,39,45)(H,40,48)(H,41,47)(H,42,50)(H,43,49)/t20-,24+,25-,26-,27-,30-/m0/s1. The maximum atomic E-state index is 13.9. The molecule has 2 aromatic rings. The fraction of sp³-hybridized carbons (Fsp3) is 0.571. The number of nitrogens with two attached hydrogens (primary N) is 1. The highest BCUT2D eigenvalue weighted by Gasteiger charge is 2.35. The quantitative estimate of drug-likeness (QED) is 0.173. The first-order valence-corrected chi connectivity index (χ1v) is 17.2. The van der Waals surface area contributed by atoms with Gasteiger partial charge in [-0.15, -0.1) is 0 Å². The zero-order valence-corrected chi connectivity index (χ0v) is 29.7. The van der Waals surface area contributed by atoms with Gasteiger partial charge >= 0.3 is 0 Å². The Bertz CT molecular complexity index is 1550. The highest BCUT2D eigenvalue weighted by molar-refractivity contribution is 5.99. The van der Waals surface area contributed by atoms with E-state index in [2.05, 4.69) is 36.9 Å². The van der Waals surface area contributed by atoms with Crippen LogP contribution in [0.15, 0.2) is 30.5 Å². The second-order valence-corrected chi connectivity index (χ2v) is 13.9. The molecule has 1 aliphatic heterocycles. The van der Waals surface area contributed by atoms with Crippen molar-refractivity contribution in [2.75, 3.05) is 6.54 Å². The van der Waals surface area contributed by atoms with Gasteiger partial charge in [-0.2, -0.15) is 0 Å². The van der Waals surface area contributed by atoms with E-state index in [0.29, 0.717) is 6.42 Å². The molecule has 1 aromatic heterocycles. The lowest BCUT2D eigenvalue weighted by molar-refractivity contribution is -0.137. The topological polar surface area (TPSA) is 233 Å².